The fourth-order valence-corrected chi connectivity index (χ4v) is 2.36. The van der Waals surface area contributed by atoms with Crippen molar-refractivity contribution in [2.75, 3.05) is 72.6 Å². The molecule has 3 amide bonds. The Hall–Kier alpha value is -2.32. The second kappa shape index (κ2) is 17.2. The van der Waals surface area contributed by atoms with Gasteiger partial charge in [-0.25, -0.2) is 9.59 Å². The summed E-state index contributed by atoms with van der Waals surface area (Å²) in [5.41, 5.74) is -0.527. The average molecular weight is 493 g/mol. The van der Waals surface area contributed by atoms with E-state index in [2.05, 4.69) is 10.2 Å². The minimum absolute atomic E-state index is 0.0417. The van der Waals surface area contributed by atoms with Gasteiger partial charge in [-0.2, -0.15) is 0 Å². The maximum absolute atomic E-state index is 11.5. The lowest BCUT2D eigenvalue weighted by molar-refractivity contribution is -0.200. The van der Waals surface area contributed by atoms with Crippen LogP contribution in [0.15, 0.2) is 0 Å². The summed E-state index contributed by atoms with van der Waals surface area (Å²) in [5.74, 6) is -1.90. The molecule has 1 aliphatic rings. The van der Waals surface area contributed by atoms with E-state index in [1.165, 1.54) is 0 Å². The van der Waals surface area contributed by atoms with Gasteiger partial charge in [0.05, 0.1) is 59.5 Å². The number of imide groups is 1. The minimum Gasteiger partial charge on any atom is -0.444 e. The Morgan fingerprint density at radius 1 is 0.765 bits per heavy atom. The van der Waals surface area contributed by atoms with E-state index in [9.17, 15) is 19.2 Å². The zero-order chi connectivity index (χ0) is 25.2. The number of alkyl carbamates (subject to hydrolysis) is 1. The fourth-order valence-electron chi connectivity index (χ4n) is 2.36. The summed E-state index contributed by atoms with van der Waals surface area (Å²) in [6, 6.07) is 0. The van der Waals surface area contributed by atoms with E-state index in [1.54, 1.807) is 20.8 Å². The molecule has 0 aromatic rings. The topological polar surface area (TPSA) is 148 Å². The number of amides is 3. The van der Waals surface area contributed by atoms with Crippen LogP contribution in [0.4, 0.5) is 4.79 Å². The number of hydrogen-bond acceptors (Lipinski definition) is 11. The van der Waals surface area contributed by atoms with Crippen LogP contribution in [0, 0.1) is 0 Å². The third-order valence-corrected chi connectivity index (χ3v) is 3.82. The van der Waals surface area contributed by atoms with Crippen LogP contribution in [0.2, 0.25) is 0 Å². The Labute approximate surface area is 199 Å². The summed E-state index contributed by atoms with van der Waals surface area (Å²) in [5, 5.41) is 3.07. The Balaban J connectivity index is 1.78. The van der Waals surface area contributed by atoms with E-state index >= 15 is 0 Å². The van der Waals surface area contributed by atoms with Crippen molar-refractivity contribution in [2.45, 2.75) is 39.2 Å². The van der Waals surface area contributed by atoms with Crippen molar-refractivity contribution in [1.29, 1.82) is 0 Å². The lowest BCUT2D eigenvalue weighted by atomic mass is 10.2. The number of hydroxylamine groups is 2. The van der Waals surface area contributed by atoms with Gasteiger partial charge in [0, 0.05) is 19.4 Å². The van der Waals surface area contributed by atoms with Gasteiger partial charge in [0.2, 0.25) is 0 Å². The molecule has 0 radical (unpaired) electrons. The van der Waals surface area contributed by atoms with Gasteiger partial charge in [0.1, 0.15) is 12.2 Å². The lowest BCUT2D eigenvalue weighted by Gasteiger charge is -2.19. The first kappa shape index (κ1) is 29.7. The van der Waals surface area contributed by atoms with Crippen LogP contribution in [0.25, 0.3) is 0 Å². The minimum atomic E-state index is -0.824. The molecule has 0 unspecified atom stereocenters. The van der Waals surface area contributed by atoms with Gasteiger partial charge in [0.15, 0.2) is 0 Å². The molecule has 13 nitrogen and oxygen atoms in total. The van der Waals surface area contributed by atoms with Gasteiger partial charge in [-0.1, -0.05) is 0 Å². The second-order valence-corrected chi connectivity index (χ2v) is 7.98. The van der Waals surface area contributed by atoms with Crippen LogP contribution in [0.3, 0.4) is 0 Å². The second-order valence-electron chi connectivity index (χ2n) is 7.98. The standard InChI is InChI=1S/C21H36N2O11/c1-21(2,3)33-20(27)22-6-7-28-8-9-29-10-11-30-12-13-31-14-15-32-16-19(26)34-23-17(24)4-5-18(23)25/h4-16H2,1-3H3,(H,22,27). The average Bonchev–Trinajstić information content (AvgIpc) is 3.06. The molecule has 196 valence electrons. The third-order valence-electron chi connectivity index (χ3n) is 3.82. The highest BCUT2D eigenvalue weighted by Crippen LogP contribution is 2.12. The fraction of sp³-hybridized carbons (Fsp3) is 0.810. The van der Waals surface area contributed by atoms with E-state index < -0.39 is 36.1 Å². The molecule has 0 aromatic heterocycles. The first-order valence-electron chi connectivity index (χ1n) is 11.1. The van der Waals surface area contributed by atoms with E-state index in [4.69, 9.17) is 28.4 Å². The number of rotatable bonds is 18. The first-order chi connectivity index (χ1) is 16.2. The van der Waals surface area contributed by atoms with E-state index in [1.807, 2.05) is 0 Å². The summed E-state index contributed by atoms with van der Waals surface area (Å²) in [6.45, 7) is 8.44. The van der Waals surface area contributed by atoms with Crippen molar-refractivity contribution >= 4 is 23.9 Å². The molecule has 1 heterocycles. The third kappa shape index (κ3) is 15.5. The zero-order valence-corrected chi connectivity index (χ0v) is 20.1. The van der Waals surface area contributed by atoms with Crippen molar-refractivity contribution in [3.63, 3.8) is 0 Å². The van der Waals surface area contributed by atoms with Crippen LogP contribution < -0.4 is 5.32 Å². The lowest BCUT2D eigenvalue weighted by Crippen LogP contribution is -2.34. The highest BCUT2D eigenvalue weighted by molar-refractivity contribution is 6.01. The molecular formula is C21H36N2O11. The zero-order valence-electron chi connectivity index (χ0n) is 20.1. The van der Waals surface area contributed by atoms with Crippen molar-refractivity contribution < 1.29 is 52.4 Å². The number of nitrogens with one attached hydrogen (secondary N) is 1. The predicted octanol–water partition coefficient (Wildman–Crippen LogP) is 0.201. The normalized spacial score (nSPS) is 13.9. The largest absolute Gasteiger partial charge is 0.444 e. The highest BCUT2D eigenvalue weighted by Gasteiger charge is 2.32. The molecule has 0 bridgehead atoms. The molecule has 0 aromatic carbocycles. The van der Waals surface area contributed by atoms with Crippen molar-refractivity contribution in [3.8, 4) is 0 Å². The molecule has 1 saturated heterocycles. The molecule has 0 spiro atoms. The summed E-state index contributed by atoms with van der Waals surface area (Å²) >= 11 is 0. The maximum Gasteiger partial charge on any atom is 0.407 e. The molecule has 34 heavy (non-hydrogen) atoms. The van der Waals surface area contributed by atoms with Crippen LogP contribution in [-0.2, 0) is 47.6 Å². The number of ether oxygens (including phenoxy) is 6. The number of carbonyl (C=O) groups is 4. The summed E-state index contributed by atoms with van der Waals surface area (Å²) in [7, 11) is 0. The number of hydrogen-bond donors (Lipinski definition) is 1. The van der Waals surface area contributed by atoms with E-state index in [0.717, 1.165) is 0 Å². The molecule has 1 rings (SSSR count). The van der Waals surface area contributed by atoms with Crippen LogP contribution in [0.5, 0.6) is 0 Å². The molecule has 13 heteroatoms. The van der Waals surface area contributed by atoms with Gasteiger partial charge in [-0.15, -0.1) is 5.06 Å². The summed E-state index contributed by atoms with van der Waals surface area (Å²) in [4.78, 5) is 50.2. The highest BCUT2D eigenvalue weighted by atomic mass is 16.7. The molecule has 1 N–H and O–H groups in total. The van der Waals surface area contributed by atoms with Gasteiger partial charge in [-0.05, 0) is 20.8 Å². The smallest absolute Gasteiger partial charge is 0.407 e. The Morgan fingerprint density at radius 3 is 1.68 bits per heavy atom. The molecule has 0 atom stereocenters. The Bertz CT molecular complexity index is 621. The monoisotopic (exact) mass is 492 g/mol. The van der Waals surface area contributed by atoms with Gasteiger partial charge >= 0.3 is 12.1 Å². The number of carbonyl (C=O) groups excluding carboxylic acids is 4. The maximum atomic E-state index is 11.5. The van der Waals surface area contributed by atoms with Gasteiger partial charge < -0.3 is 38.6 Å². The van der Waals surface area contributed by atoms with Crippen molar-refractivity contribution in [2.24, 2.45) is 0 Å². The Kier molecular flexibility index (Phi) is 15.0. The van der Waals surface area contributed by atoms with Crippen molar-refractivity contribution in [1.82, 2.24) is 10.4 Å². The van der Waals surface area contributed by atoms with Crippen LogP contribution >= 0.6 is 0 Å². The molecule has 0 aliphatic carbocycles. The van der Waals surface area contributed by atoms with Crippen LogP contribution in [0.1, 0.15) is 33.6 Å². The molecule has 1 aliphatic heterocycles. The summed E-state index contributed by atoms with van der Waals surface area (Å²) < 4.78 is 31.5. The van der Waals surface area contributed by atoms with E-state index in [0.29, 0.717) is 57.9 Å². The van der Waals surface area contributed by atoms with Gasteiger partial charge in [0.25, 0.3) is 11.8 Å². The van der Waals surface area contributed by atoms with Gasteiger partial charge in [-0.3, -0.25) is 9.59 Å². The van der Waals surface area contributed by atoms with E-state index in [-0.39, 0.29) is 26.1 Å². The predicted molar refractivity (Wildman–Crippen MR) is 116 cm³/mol. The summed E-state index contributed by atoms with van der Waals surface area (Å²) in [6.07, 6.45) is -0.392. The quantitative estimate of drug-likeness (QED) is 0.207. The van der Waals surface area contributed by atoms with Crippen LogP contribution in [-0.4, -0.2) is 107 Å². The first-order valence-corrected chi connectivity index (χ1v) is 11.1. The Morgan fingerprint density at radius 2 is 1.21 bits per heavy atom. The van der Waals surface area contributed by atoms with Crippen molar-refractivity contribution in [3.05, 3.63) is 0 Å². The molecular weight excluding hydrogens is 456 g/mol. The number of nitrogens with zero attached hydrogens (tertiary/aromatic N) is 1. The SMILES string of the molecule is CC(C)(C)OC(=O)NCCOCCOCCOCCOCCOCC(=O)ON1C(=O)CCC1=O. The molecule has 0 saturated carbocycles. The molecule has 1 fully saturated rings.